The van der Waals surface area contributed by atoms with Gasteiger partial charge in [0.15, 0.2) is 0 Å². The summed E-state index contributed by atoms with van der Waals surface area (Å²) in [7, 11) is 0. The maximum atomic E-state index is 10.7. The van der Waals surface area contributed by atoms with Crippen molar-refractivity contribution < 1.29 is 4.79 Å². The molecule has 1 aromatic rings. The Morgan fingerprint density at radius 2 is 1.72 bits per heavy atom. The second-order valence-electron chi connectivity index (χ2n) is 6.33. The van der Waals surface area contributed by atoms with Crippen molar-refractivity contribution in [3.8, 4) is 0 Å². The molecule has 0 heterocycles. The second-order valence-corrected chi connectivity index (χ2v) is 6.33. The van der Waals surface area contributed by atoms with Crippen molar-refractivity contribution in [2.75, 3.05) is 0 Å². The Morgan fingerprint density at radius 1 is 1.11 bits per heavy atom. The Balaban J connectivity index is 2.05. The molecule has 0 atom stereocenters. The summed E-state index contributed by atoms with van der Waals surface area (Å²) in [6.45, 7) is 4.66. The van der Waals surface area contributed by atoms with Gasteiger partial charge >= 0.3 is 0 Å². The van der Waals surface area contributed by atoms with Crippen molar-refractivity contribution in [3.05, 3.63) is 35.4 Å². The molecule has 0 radical (unpaired) electrons. The largest absolute Gasteiger partial charge is 0.298 e. The van der Waals surface area contributed by atoms with Crippen LogP contribution in [0.15, 0.2) is 24.3 Å². The lowest BCUT2D eigenvalue weighted by Crippen LogP contribution is -2.23. The summed E-state index contributed by atoms with van der Waals surface area (Å²) in [4.78, 5) is 10.7. The first-order valence-electron chi connectivity index (χ1n) is 7.17. The monoisotopic (exact) mass is 244 g/mol. The van der Waals surface area contributed by atoms with Crippen LogP contribution < -0.4 is 0 Å². The van der Waals surface area contributed by atoms with E-state index in [2.05, 4.69) is 26.0 Å². The van der Waals surface area contributed by atoms with Gasteiger partial charge in [0.2, 0.25) is 0 Å². The number of rotatable bonds is 4. The molecule has 0 spiro atoms. The lowest BCUT2D eigenvalue weighted by atomic mass is 9.73. The Bertz CT molecular complexity index is 383. The van der Waals surface area contributed by atoms with Crippen LogP contribution in [0.5, 0.6) is 0 Å². The fourth-order valence-corrected chi connectivity index (χ4v) is 3.24. The SMILES string of the molecule is CC(C)(CC1CCCCC1)c1ccc(C=O)cc1. The van der Waals surface area contributed by atoms with Crippen molar-refractivity contribution in [2.24, 2.45) is 5.92 Å². The van der Waals surface area contributed by atoms with Crippen molar-refractivity contribution in [2.45, 2.75) is 57.8 Å². The molecule has 18 heavy (non-hydrogen) atoms. The minimum atomic E-state index is 0.226. The van der Waals surface area contributed by atoms with Crippen LogP contribution in [0, 0.1) is 5.92 Å². The normalized spacial score (nSPS) is 17.7. The maximum absolute atomic E-state index is 10.7. The molecule has 1 aliphatic rings. The molecule has 0 unspecified atom stereocenters. The number of hydrogen-bond donors (Lipinski definition) is 0. The van der Waals surface area contributed by atoms with Crippen LogP contribution >= 0.6 is 0 Å². The molecule has 1 aliphatic carbocycles. The van der Waals surface area contributed by atoms with E-state index >= 15 is 0 Å². The topological polar surface area (TPSA) is 17.1 Å². The molecule has 1 heteroatoms. The van der Waals surface area contributed by atoms with Crippen LogP contribution in [-0.2, 0) is 5.41 Å². The van der Waals surface area contributed by atoms with E-state index in [0.717, 1.165) is 17.8 Å². The van der Waals surface area contributed by atoms with E-state index in [4.69, 9.17) is 0 Å². The van der Waals surface area contributed by atoms with Gasteiger partial charge in [-0.15, -0.1) is 0 Å². The van der Waals surface area contributed by atoms with Gasteiger partial charge in [-0.25, -0.2) is 0 Å². The molecule has 98 valence electrons. The molecule has 0 N–H and O–H groups in total. The first-order valence-corrected chi connectivity index (χ1v) is 7.17. The highest BCUT2D eigenvalue weighted by molar-refractivity contribution is 5.74. The summed E-state index contributed by atoms with van der Waals surface area (Å²) in [5, 5.41) is 0. The zero-order chi connectivity index (χ0) is 13.0. The number of aldehydes is 1. The van der Waals surface area contributed by atoms with Gasteiger partial charge in [-0.3, -0.25) is 4.79 Å². The minimum absolute atomic E-state index is 0.226. The third kappa shape index (κ3) is 3.22. The zero-order valence-electron chi connectivity index (χ0n) is 11.6. The minimum Gasteiger partial charge on any atom is -0.298 e. The van der Waals surface area contributed by atoms with E-state index < -0.39 is 0 Å². The van der Waals surface area contributed by atoms with Crippen LogP contribution in [0.2, 0.25) is 0 Å². The van der Waals surface area contributed by atoms with Gasteiger partial charge < -0.3 is 0 Å². The quantitative estimate of drug-likeness (QED) is 0.699. The van der Waals surface area contributed by atoms with Gasteiger partial charge in [0.1, 0.15) is 6.29 Å². The smallest absolute Gasteiger partial charge is 0.150 e. The maximum Gasteiger partial charge on any atom is 0.150 e. The highest BCUT2D eigenvalue weighted by Crippen LogP contribution is 2.36. The van der Waals surface area contributed by atoms with Gasteiger partial charge in [0, 0.05) is 5.56 Å². The summed E-state index contributed by atoms with van der Waals surface area (Å²) < 4.78 is 0. The van der Waals surface area contributed by atoms with Crippen LogP contribution in [0.3, 0.4) is 0 Å². The van der Waals surface area contributed by atoms with Crippen LogP contribution in [0.4, 0.5) is 0 Å². The van der Waals surface area contributed by atoms with Crippen molar-refractivity contribution in [3.63, 3.8) is 0 Å². The molecule has 0 aromatic heterocycles. The molecule has 1 saturated carbocycles. The molecule has 0 saturated heterocycles. The summed E-state index contributed by atoms with van der Waals surface area (Å²) in [6, 6.07) is 8.11. The fraction of sp³-hybridized carbons (Fsp3) is 0.588. The van der Waals surface area contributed by atoms with E-state index in [-0.39, 0.29) is 5.41 Å². The van der Waals surface area contributed by atoms with E-state index in [1.165, 1.54) is 44.1 Å². The molecule has 0 bridgehead atoms. The number of benzene rings is 1. The van der Waals surface area contributed by atoms with Crippen LogP contribution in [0.25, 0.3) is 0 Å². The molecule has 2 rings (SSSR count). The van der Waals surface area contributed by atoms with Gasteiger partial charge in [-0.2, -0.15) is 0 Å². The van der Waals surface area contributed by atoms with Crippen molar-refractivity contribution >= 4 is 6.29 Å². The van der Waals surface area contributed by atoms with Crippen LogP contribution in [0.1, 0.15) is 68.3 Å². The third-order valence-electron chi connectivity index (χ3n) is 4.35. The summed E-state index contributed by atoms with van der Waals surface area (Å²) in [5.41, 5.74) is 2.36. The predicted molar refractivity (Wildman–Crippen MR) is 76.0 cm³/mol. The molecule has 0 aliphatic heterocycles. The fourth-order valence-electron chi connectivity index (χ4n) is 3.24. The lowest BCUT2D eigenvalue weighted by molar-refractivity contribution is 0.112. The Kier molecular flexibility index (Phi) is 4.21. The van der Waals surface area contributed by atoms with E-state index in [9.17, 15) is 4.79 Å². The molecule has 1 aromatic carbocycles. The average Bonchev–Trinajstić information content (AvgIpc) is 2.39. The zero-order valence-corrected chi connectivity index (χ0v) is 11.6. The molecule has 1 nitrogen and oxygen atoms in total. The standard InChI is InChI=1S/C17H24O/c1-17(2,12-14-6-4-3-5-7-14)16-10-8-15(13-18)9-11-16/h8-11,13-14H,3-7,12H2,1-2H3. The molecule has 1 fully saturated rings. The molecular formula is C17H24O. The lowest BCUT2D eigenvalue weighted by Gasteiger charge is -2.32. The van der Waals surface area contributed by atoms with E-state index in [0.29, 0.717) is 0 Å². The first-order chi connectivity index (χ1) is 8.62. The first kappa shape index (κ1) is 13.3. The van der Waals surface area contributed by atoms with E-state index in [1.54, 1.807) is 0 Å². The highest BCUT2D eigenvalue weighted by atomic mass is 16.1. The predicted octanol–water partition coefficient (Wildman–Crippen LogP) is 4.75. The van der Waals surface area contributed by atoms with Gasteiger partial charge in [0.05, 0.1) is 0 Å². The molecule has 0 amide bonds. The van der Waals surface area contributed by atoms with Crippen molar-refractivity contribution in [1.82, 2.24) is 0 Å². The Hall–Kier alpha value is -1.11. The second kappa shape index (κ2) is 5.69. The highest BCUT2D eigenvalue weighted by Gasteiger charge is 2.26. The average molecular weight is 244 g/mol. The third-order valence-corrected chi connectivity index (χ3v) is 4.35. The van der Waals surface area contributed by atoms with Crippen LogP contribution in [-0.4, -0.2) is 6.29 Å². The Labute approximate surface area is 111 Å². The van der Waals surface area contributed by atoms with Gasteiger partial charge in [0.25, 0.3) is 0 Å². The number of carbonyl (C=O) groups is 1. The summed E-state index contributed by atoms with van der Waals surface area (Å²) in [5.74, 6) is 0.888. The number of hydrogen-bond acceptors (Lipinski definition) is 1. The van der Waals surface area contributed by atoms with Gasteiger partial charge in [-0.1, -0.05) is 70.2 Å². The number of carbonyl (C=O) groups excluding carboxylic acids is 1. The molecular weight excluding hydrogens is 220 g/mol. The van der Waals surface area contributed by atoms with E-state index in [1.807, 2.05) is 12.1 Å². The summed E-state index contributed by atoms with van der Waals surface area (Å²) in [6.07, 6.45) is 9.22. The summed E-state index contributed by atoms with van der Waals surface area (Å²) >= 11 is 0. The van der Waals surface area contributed by atoms with Gasteiger partial charge in [-0.05, 0) is 23.3 Å². The Morgan fingerprint density at radius 3 is 2.28 bits per heavy atom. The van der Waals surface area contributed by atoms with Crippen molar-refractivity contribution in [1.29, 1.82) is 0 Å².